The second kappa shape index (κ2) is 9.97. The Kier molecular flexibility index (Phi) is 7.65. The topological polar surface area (TPSA) is 108 Å². The molecule has 0 aliphatic carbocycles. The molecular weight excluding hydrogens is 427 g/mol. The van der Waals surface area contributed by atoms with Crippen LogP contribution in [-0.2, 0) is 15.8 Å². The monoisotopic (exact) mass is 443 g/mol. The molecule has 0 spiro atoms. The molecule has 2 aromatic rings. The number of hydrogen-bond acceptors (Lipinski definition) is 3. The Morgan fingerprint density at radius 1 is 0.867 bits per heavy atom. The fraction of sp³-hybridized carbons (Fsp3) is 0.211. The number of alkyl halides is 3. The molecule has 0 heterocycles. The zero-order valence-electron chi connectivity index (χ0n) is 15.3. The van der Waals surface area contributed by atoms with Crippen LogP contribution in [0.25, 0.3) is 0 Å². The average molecular weight is 444 g/mol. The first-order valence-electron chi connectivity index (χ1n) is 8.61. The number of carboxylic acids is 1. The van der Waals surface area contributed by atoms with Crippen molar-refractivity contribution in [1.82, 2.24) is 0 Å². The first-order valence-corrected chi connectivity index (χ1v) is 8.99. The minimum Gasteiger partial charge on any atom is -0.481 e. The third-order valence-electron chi connectivity index (χ3n) is 3.75. The lowest BCUT2D eigenvalue weighted by atomic mass is 10.2. The van der Waals surface area contributed by atoms with Gasteiger partial charge in [-0.3, -0.25) is 9.59 Å². The van der Waals surface area contributed by atoms with E-state index in [0.717, 1.165) is 12.1 Å². The Labute approximate surface area is 174 Å². The molecule has 0 bridgehead atoms. The van der Waals surface area contributed by atoms with Crippen molar-refractivity contribution in [3.63, 3.8) is 0 Å². The number of anilines is 3. The van der Waals surface area contributed by atoms with Gasteiger partial charge in [0.2, 0.25) is 5.91 Å². The zero-order valence-corrected chi connectivity index (χ0v) is 16.1. The molecule has 4 N–H and O–H groups in total. The average Bonchev–Trinajstić information content (AvgIpc) is 2.63. The molecule has 0 radical (unpaired) electrons. The minimum atomic E-state index is -4.65. The van der Waals surface area contributed by atoms with Gasteiger partial charge in [-0.1, -0.05) is 11.6 Å². The van der Waals surface area contributed by atoms with Gasteiger partial charge in [0, 0.05) is 29.9 Å². The van der Waals surface area contributed by atoms with E-state index >= 15 is 0 Å². The summed E-state index contributed by atoms with van der Waals surface area (Å²) in [5, 5.41) is 15.4. The van der Waals surface area contributed by atoms with Crippen LogP contribution in [0.2, 0.25) is 5.02 Å². The standard InChI is InChI=1S/C19H17ClF3N3O4/c20-15-9-8-13(10-14(15)19(21,22)23)26-18(30)25-12-6-4-11(5-7-12)24-16(27)2-1-3-17(28)29/h4-10H,1-3H2,(H,24,27)(H,28,29)(H2,25,26,30). The summed E-state index contributed by atoms with van der Waals surface area (Å²) in [6, 6.07) is 8.21. The van der Waals surface area contributed by atoms with Crippen LogP contribution in [0.1, 0.15) is 24.8 Å². The van der Waals surface area contributed by atoms with Gasteiger partial charge in [-0.2, -0.15) is 13.2 Å². The molecule has 0 fully saturated rings. The Balaban J connectivity index is 1.90. The van der Waals surface area contributed by atoms with Gasteiger partial charge in [0.15, 0.2) is 0 Å². The van der Waals surface area contributed by atoms with Gasteiger partial charge in [-0.05, 0) is 48.9 Å². The van der Waals surface area contributed by atoms with E-state index in [1.54, 1.807) is 0 Å². The van der Waals surface area contributed by atoms with E-state index in [9.17, 15) is 27.6 Å². The van der Waals surface area contributed by atoms with Crippen molar-refractivity contribution in [2.75, 3.05) is 16.0 Å². The van der Waals surface area contributed by atoms with Gasteiger partial charge in [0.05, 0.1) is 10.6 Å². The van der Waals surface area contributed by atoms with Crippen LogP contribution in [0.4, 0.5) is 35.0 Å². The highest BCUT2D eigenvalue weighted by Gasteiger charge is 2.33. The molecule has 0 aliphatic rings. The summed E-state index contributed by atoms with van der Waals surface area (Å²) in [5.74, 6) is -1.33. The molecule has 2 aromatic carbocycles. The molecule has 0 unspecified atom stereocenters. The fourth-order valence-electron chi connectivity index (χ4n) is 2.37. The first-order chi connectivity index (χ1) is 14.0. The highest BCUT2D eigenvalue weighted by atomic mass is 35.5. The third-order valence-corrected chi connectivity index (χ3v) is 4.08. The smallest absolute Gasteiger partial charge is 0.417 e. The van der Waals surface area contributed by atoms with Crippen LogP contribution in [0.5, 0.6) is 0 Å². The zero-order chi connectivity index (χ0) is 22.3. The highest BCUT2D eigenvalue weighted by Crippen LogP contribution is 2.36. The van der Waals surface area contributed by atoms with Crippen LogP contribution in [-0.4, -0.2) is 23.0 Å². The maximum Gasteiger partial charge on any atom is 0.417 e. The second-order valence-corrected chi connectivity index (χ2v) is 6.55. The molecule has 30 heavy (non-hydrogen) atoms. The van der Waals surface area contributed by atoms with Crippen molar-refractivity contribution in [2.45, 2.75) is 25.4 Å². The van der Waals surface area contributed by atoms with Crippen LogP contribution in [0.3, 0.4) is 0 Å². The number of aliphatic carboxylic acids is 1. The number of rotatable bonds is 7. The van der Waals surface area contributed by atoms with Crippen molar-refractivity contribution in [2.24, 2.45) is 0 Å². The van der Waals surface area contributed by atoms with Crippen LogP contribution < -0.4 is 16.0 Å². The highest BCUT2D eigenvalue weighted by molar-refractivity contribution is 6.31. The Morgan fingerprint density at radius 3 is 1.97 bits per heavy atom. The second-order valence-electron chi connectivity index (χ2n) is 6.14. The number of amides is 3. The Bertz CT molecular complexity index is 934. The van der Waals surface area contributed by atoms with E-state index in [-0.39, 0.29) is 30.9 Å². The van der Waals surface area contributed by atoms with Crippen molar-refractivity contribution >= 4 is 46.6 Å². The predicted octanol–water partition coefficient (Wildman–Crippen LogP) is 5.20. The molecule has 0 saturated carbocycles. The fourth-order valence-corrected chi connectivity index (χ4v) is 2.60. The van der Waals surface area contributed by atoms with Crippen molar-refractivity contribution in [3.05, 3.63) is 53.1 Å². The lowest BCUT2D eigenvalue weighted by Gasteiger charge is -2.12. The van der Waals surface area contributed by atoms with Crippen molar-refractivity contribution < 1.29 is 32.7 Å². The lowest BCUT2D eigenvalue weighted by Crippen LogP contribution is -2.20. The van der Waals surface area contributed by atoms with E-state index in [4.69, 9.17) is 16.7 Å². The number of hydrogen-bond donors (Lipinski definition) is 4. The van der Waals surface area contributed by atoms with Crippen LogP contribution in [0.15, 0.2) is 42.5 Å². The quantitative estimate of drug-likeness (QED) is 0.472. The van der Waals surface area contributed by atoms with Crippen molar-refractivity contribution in [1.29, 1.82) is 0 Å². The summed E-state index contributed by atoms with van der Waals surface area (Å²) in [5.41, 5.74) is -0.380. The van der Waals surface area contributed by atoms with Crippen LogP contribution in [0, 0.1) is 0 Å². The molecule has 0 atom stereocenters. The summed E-state index contributed by atoms with van der Waals surface area (Å²) in [6.45, 7) is 0. The Hall–Kier alpha value is -3.27. The van der Waals surface area contributed by atoms with Crippen molar-refractivity contribution in [3.8, 4) is 0 Å². The lowest BCUT2D eigenvalue weighted by molar-refractivity contribution is -0.138. The summed E-state index contributed by atoms with van der Waals surface area (Å²) < 4.78 is 38.6. The number of benzene rings is 2. The Morgan fingerprint density at radius 2 is 1.40 bits per heavy atom. The first kappa shape index (κ1) is 23.0. The predicted molar refractivity (Wildman–Crippen MR) is 106 cm³/mol. The van der Waals surface area contributed by atoms with Gasteiger partial charge < -0.3 is 21.1 Å². The van der Waals surface area contributed by atoms with E-state index in [1.807, 2.05) is 0 Å². The number of carbonyl (C=O) groups excluding carboxylic acids is 2. The maximum absolute atomic E-state index is 12.9. The molecule has 160 valence electrons. The summed E-state index contributed by atoms with van der Waals surface area (Å²) >= 11 is 5.54. The third kappa shape index (κ3) is 7.28. The number of halogens is 4. The number of urea groups is 1. The normalized spacial score (nSPS) is 10.9. The molecule has 0 aliphatic heterocycles. The van der Waals surface area contributed by atoms with Gasteiger partial charge in [0.1, 0.15) is 0 Å². The number of nitrogens with one attached hydrogen (secondary N) is 3. The van der Waals surface area contributed by atoms with E-state index in [2.05, 4.69) is 16.0 Å². The van der Waals surface area contributed by atoms with Gasteiger partial charge >= 0.3 is 18.2 Å². The molecule has 11 heteroatoms. The molecular formula is C19H17ClF3N3O4. The summed E-state index contributed by atoms with van der Waals surface area (Å²) in [4.78, 5) is 34.1. The van der Waals surface area contributed by atoms with E-state index in [1.165, 1.54) is 30.3 Å². The summed E-state index contributed by atoms with van der Waals surface area (Å²) in [6.07, 6.45) is -4.50. The molecule has 0 aromatic heterocycles. The van der Waals surface area contributed by atoms with Gasteiger partial charge in [0.25, 0.3) is 0 Å². The molecule has 0 saturated heterocycles. The minimum absolute atomic E-state index is 0.0513. The molecule has 2 rings (SSSR count). The van der Waals surface area contributed by atoms with Crippen LogP contribution >= 0.6 is 11.6 Å². The van der Waals surface area contributed by atoms with E-state index in [0.29, 0.717) is 11.4 Å². The molecule has 3 amide bonds. The van der Waals surface area contributed by atoms with Gasteiger partial charge in [-0.25, -0.2) is 4.79 Å². The van der Waals surface area contributed by atoms with E-state index < -0.39 is 28.8 Å². The maximum atomic E-state index is 12.9. The SMILES string of the molecule is O=C(O)CCCC(=O)Nc1ccc(NC(=O)Nc2ccc(Cl)c(C(F)(F)F)c2)cc1. The summed E-state index contributed by atoms with van der Waals surface area (Å²) in [7, 11) is 0. The van der Waals surface area contributed by atoms with Gasteiger partial charge in [-0.15, -0.1) is 0 Å². The molecule has 7 nitrogen and oxygen atoms in total. The number of carbonyl (C=O) groups is 3. The number of carboxylic acid groups (broad SMARTS) is 1. The largest absolute Gasteiger partial charge is 0.481 e.